The molecule has 2 aliphatic rings. The van der Waals surface area contributed by atoms with Crippen LogP contribution in [0.25, 0.3) is 33.4 Å². The van der Waals surface area contributed by atoms with Crippen molar-refractivity contribution in [2.75, 3.05) is 4.90 Å². The highest BCUT2D eigenvalue weighted by molar-refractivity contribution is 6.02. The summed E-state index contributed by atoms with van der Waals surface area (Å²) in [6.45, 7) is 4.18. The van der Waals surface area contributed by atoms with Crippen LogP contribution in [0.3, 0.4) is 0 Å². The highest BCUT2D eigenvalue weighted by Gasteiger charge is 2.52. The van der Waals surface area contributed by atoms with E-state index >= 15 is 4.39 Å². The number of hydrogen-bond donors (Lipinski definition) is 0. The summed E-state index contributed by atoms with van der Waals surface area (Å²) in [4.78, 5) is 2.19. The van der Waals surface area contributed by atoms with Crippen molar-refractivity contribution in [2.24, 2.45) is 0 Å². The van der Waals surface area contributed by atoms with Gasteiger partial charge in [0, 0.05) is 16.9 Å². The molecule has 0 radical (unpaired) electrons. The summed E-state index contributed by atoms with van der Waals surface area (Å²) in [5, 5.41) is 0. The van der Waals surface area contributed by atoms with Gasteiger partial charge in [-0.05, 0) is 106 Å². The molecule has 0 fully saturated rings. The van der Waals surface area contributed by atoms with E-state index in [0.717, 1.165) is 28.2 Å². The van der Waals surface area contributed by atoms with Crippen molar-refractivity contribution < 1.29 is 4.39 Å². The minimum Gasteiger partial charge on any atom is -0.310 e. The normalized spacial score (nSPS) is 13.2. The first kappa shape index (κ1) is 27.6. The molecule has 47 heavy (non-hydrogen) atoms. The fourth-order valence-corrected chi connectivity index (χ4v) is 8.10. The van der Waals surface area contributed by atoms with E-state index in [9.17, 15) is 0 Å². The molecule has 9 rings (SSSR count). The second-order valence-corrected chi connectivity index (χ2v) is 12.8. The topological polar surface area (TPSA) is 3.24 Å². The van der Waals surface area contributed by atoms with E-state index < -0.39 is 5.41 Å². The average molecular weight is 606 g/mol. The summed E-state index contributed by atoms with van der Waals surface area (Å²) < 4.78 is 15.4. The van der Waals surface area contributed by atoms with E-state index in [1.54, 1.807) is 12.1 Å². The molecule has 2 heteroatoms. The van der Waals surface area contributed by atoms with Crippen LogP contribution in [0.5, 0.6) is 0 Å². The summed E-state index contributed by atoms with van der Waals surface area (Å²) >= 11 is 0. The number of fused-ring (bicyclic) bond motifs is 10. The molecule has 0 bridgehead atoms. The zero-order valence-corrected chi connectivity index (χ0v) is 26.3. The maximum absolute atomic E-state index is 15.4. The summed E-state index contributed by atoms with van der Waals surface area (Å²) in [6.07, 6.45) is 0. The maximum Gasteiger partial charge on any atom is 0.125 e. The average Bonchev–Trinajstić information content (AvgIpc) is 3.58. The first-order chi connectivity index (χ1) is 23.1. The number of nitrogens with zero attached hydrogens (tertiary/aromatic N) is 1. The number of rotatable bonds is 4. The Balaban J connectivity index is 1.36. The predicted molar refractivity (Wildman–Crippen MR) is 192 cm³/mol. The number of aryl methyl sites for hydroxylation is 2. The van der Waals surface area contributed by atoms with Crippen molar-refractivity contribution in [1.29, 1.82) is 0 Å². The molecular formula is C45H32FN. The quantitative estimate of drug-likeness (QED) is 0.193. The van der Waals surface area contributed by atoms with E-state index in [4.69, 9.17) is 0 Å². The van der Waals surface area contributed by atoms with E-state index in [2.05, 4.69) is 158 Å². The Hall–Kier alpha value is -5.73. The van der Waals surface area contributed by atoms with Crippen molar-refractivity contribution in [3.63, 3.8) is 0 Å². The van der Waals surface area contributed by atoms with Crippen LogP contribution in [0.1, 0.15) is 33.4 Å². The van der Waals surface area contributed by atoms with Gasteiger partial charge in [0.2, 0.25) is 0 Å². The molecular weight excluding hydrogens is 574 g/mol. The Labute approximate surface area is 275 Å². The van der Waals surface area contributed by atoms with Crippen LogP contribution in [0.2, 0.25) is 0 Å². The molecule has 0 saturated heterocycles. The molecule has 0 heterocycles. The highest BCUT2D eigenvalue weighted by Crippen LogP contribution is 2.64. The first-order valence-electron chi connectivity index (χ1n) is 16.2. The summed E-state index contributed by atoms with van der Waals surface area (Å²) in [6, 6.07) is 55.5. The van der Waals surface area contributed by atoms with Crippen LogP contribution in [-0.4, -0.2) is 0 Å². The zero-order chi connectivity index (χ0) is 31.7. The Morgan fingerprint density at radius 1 is 0.426 bits per heavy atom. The Bertz CT molecular complexity index is 2240. The van der Waals surface area contributed by atoms with E-state index in [-0.39, 0.29) is 5.82 Å². The van der Waals surface area contributed by atoms with Gasteiger partial charge in [0.25, 0.3) is 0 Å². The third-order valence-electron chi connectivity index (χ3n) is 10.1. The lowest BCUT2D eigenvalue weighted by atomic mass is 9.70. The third kappa shape index (κ3) is 3.95. The molecule has 0 amide bonds. The first-order valence-corrected chi connectivity index (χ1v) is 16.2. The molecule has 0 aliphatic heterocycles. The smallest absolute Gasteiger partial charge is 0.125 e. The summed E-state index contributed by atoms with van der Waals surface area (Å²) in [5.74, 6) is -0.268. The van der Waals surface area contributed by atoms with Gasteiger partial charge in [0.05, 0.1) is 11.1 Å². The molecule has 1 spiro atoms. The molecule has 0 unspecified atom stereocenters. The fraction of sp³-hybridized carbons (Fsp3) is 0.0667. The molecule has 224 valence electrons. The van der Waals surface area contributed by atoms with Gasteiger partial charge in [-0.2, -0.15) is 0 Å². The van der Waals surface area contributed by atoms with Crippen molar-refractivity contribution in [1.82, 2.24) is 0 Å². The lowest BCUT2D eigenvalue weighted by Crippen LogP contribution is -2.25. The lowest BCUT2D eigenvalue weighted by molar-refractivity contribution is 0.628. The second kappa shape index (κ2) is 10.4. The third-order valence-corrected chi connectivity index (χ3v) is 10.1. The molecule has 2 aliphatic carbocycles. The van der Waals surface area contributed by atoms with Crippen LogP contribution < -0.4 is 4.90 Å². The zero-order valence-electron chi connectivity index (χ0n) is 26.3. The SMILES string of the molecule is Cc1ccc(N(c2ccc(C)cc2)c2cc(F)ccc2-c2cccc3c2-c2ccccc2C32c3ccccc3-c3ccccc32)cc1. The summed E-state index contributed by atoms with van der Waals surface area (Å²) in [7, 11) is 0. The monoisotopic (exact) mass is 605 g/mol. The van der Waals surface area contributed by atoms with Gasteiger partial charge in [-0.25, -0.2) is 4.39 Å². The number of benzene rings is 7. The van der Waals surface area contributed by atoms with Crippen molar-refractivity contribution >= 4 is 17.1 Å². The molecule has 1 nitrogen and oxygen atoms in total. The van der Waals surface area contributed by atoms with Crippen molar-refractivity contribution in [2.45, 2.75) is 19.3 Å². The molecule has 0 N–H and O–H groups in total. The van der Waals surface area contributed by atoms with Crippen molar-refractivity contribution in [3.05, 3.63) is 197 Å². The Kier molecular flexibility index (Phi) is 6.10. The van der Waals surface area contributed by atoms with E-state index in [0.29, 0.717) is 0 Å². The largest absolute Gasteiger partial charge is 0.310 e. The van der Waals surface area contributed by atoms with Crippen LogP contribution in [0.4, 0.5) is 21.5 Å². The second-order valence-electron chi connectivity index (χ2n) is 12.8. The summed E-state index contributed by atoms with van der Waals surface area (Å²) in [5.41, 5.74) is 16.9. The Morgan fingerprint density at radius 2 is 0.894 bits per heavy atom. The van der Waals surface area contributed by atoms with Gasteiger partial charge in [0.15, 0.2) is 0 Å². The van der Waals surface area contributed by atoms with Gasteiger partial charge in [-0.15, -0.1) is 0 Å². The lowest BCUT2D eigenvalue weighted by Gasteiger charge is -2.31. The van der Waals surface area contributed by atoms with E-state index in [1.165, 1.54) is 55.6 Å². The van der Waals surface area contributed by atoms with Crippen LogP contribution in [0, 0.1) is 19.7 Å². The maximum atomic E-state index is 15.4. The van der Waals surface area contributed by atoms with Gasteiger partial charge in [-0.3, -0.25) is 0 Å². The highest BCUT2D eigenvalue weighted by atomic mass is 19.1. The van der Waals surface area contributed by atoms with E-state index in [1.807, 2.05) is 6.07 Å². The van der Waals surface area contributed by atoms with Gasteiger partial charge >= 0.3 is 0 Å². The fourth-order valence-electron chi connectivity index (χ4n) is 8.10. The van der Waals surface area contributed by atoms with Gasteiger partial charge in [-0.1, -0.05) is 126 Å². The minimum atomic E-state index is -0.442. The number of halogens is 1. The minimum absolute atomic E-state index is 0.268. The molecule has 0 aromatic heterocycles. The van der Waals surface area contributed by atoms with Gasteiger partial charge in [0.1, 0.15) is 5.82 Å². The number of hydrogen-bond acceptors (Lipinski definition) is 1. The molecule has 0 saturated carbocycles. The van der Waals surface area contributed by atoms with Gasteiger partial charge < -0.3 is 4.90 Å². The number of anilines is 3. The molecule has 7 aromatic rings. The van der Waals surface area contributed by atoms with Crippen LogP contribution >= 0.6 is 0 Å². The van der Waals surface area contributed by atoms with Crippen LogP contribution in [-0.2, 0) is 5.41 Å². The Morgan fingerprint density at radius 3 is 1.47 bits per heavy atom. The molecule has 0 atom stereocenters. The van der Waals surface area contributed by atoms with Crippen molar-refractivity contribution in [3.8, 4) is 33.4 Å². The molecule has 7 aromatic carbocycles. The predicted octanol–water partition coefficient (Wildman–Crippen LogP) is 11.9. The standard InChI is InChI=1S/C45H32FN/c1-29-18-23-32(24-19-29)47(33-25-20-30(2)21-26-33)43-28-31(46)22-27-36(43)37-13-9-17-42-44(37)38-12-5-8-16-41(38)45(42)39-14-6-3-10-34(39)35-11-4-7-15-40(35)45/h3-28H,1-2H3. The van der Waals surface area contributed by atoms with Crippen LogP contribution in [0.15, 0.2) is 158 Å².